The topological polar surface area (TPSA) is 63.5 Å². The molecule has 2 aromatic carbocycles. The average Bonchev–Trinajstić information content (AvgIpc) is 2.48. The number of carbonyl (C=O) groups is 1. The molecule has 0 heterocycles. The highest BCUT2D eigenvalue weighted by Crippen LogP contribution is 2.23. The van der Waals surface area contributed by atoms with Gasteiger partial charge in [-0.25, -0.2) is 0 Å². The standard InChI is InChI=1S/C15H13ClN2O3/c1-17(11-5-3-2-4-6-11)10-15(19)13-9-12(18(20)21)7-8-14(13)16/h2-9H,10H2,1H3. The van der Waals surface area contributed by atoms with E-state index in [1.165, 1.54) is 18.2 Å². The molecule has 0 aliphatic heterocycles. The lowest BCUT2D eigenvalue weighted by Crippen LogP contribution is -2.25. The van der Waals surface area contributed by atoms with Crippen LogP contribution in [0.1, 0.15) is 10.4 Å². The number of non-ortho nitro benzene ring substituents is 1. The van der Waals surface area contributed by atoms with Crippen LogP contribution in [0.3, 0.4) is 0 Å². The van der Waals surface area contributed by atoms with Gasteiger partial charge in [0.15, 0.2) is 5.78 Å². The van der Waals surface area contributed by atoms with Crippen molar-refractivity contribution >= 4 is 28.8 Å². The Morgan fingerprint density at radius 2 is 1.90 bits per heavy atom. The van der Waals surface area contributed by atoms with Crippen LogP contribution in [0.25, 0.3) is 0 Å². The molecule has 0 unspecified atom stereocenters. The van der Waals surface area contributed by atoms with Gasteiger partial charge >= 0.3 is 0 Å². The first-order chi connectivity index (χ1) is 9.99. The predicted octanol–water partition coefficient (Wildman–Crippen LogP) is 3.57. The smallest absolute Gasteiger partial charge is 0.270 e. The maximum Gasteiger partial charge on any atom is 0.270 e. The molecule has 0 radical (unpaired) electrons. The first-order valence-electron chi connectivity index (χ1n) is 6.22. The minimum Gasteiger partial charge on any atom is -0.367 e. The molecule has 0 saturated carbocycles. The molecule has 0 spiro atoms. The summed E-state index contributed by atoms with van der Waals surface area (Å²) >= 11 is 5.96. The van der Waals surface area contributed by atoms with Crippen molar-refractivity contribution in [2.45, 2.75) is 0 Å². The first kappa shape index (κ1) is 15.0. The number of para-hydroxylation sites is 1. The van der Waals surface area contributed by atoms with E-state index in [0.29, 0.717) is 0 Å². The van der Waals surface area contributed by atoms with E-state index in [0.717, 1.165) is 5.69 Å². The van der Waals surface area contributed by atoms with Crippen molar-refractivity contribution in [3.63, 3.8) is 0 Å². The molecule has 0 aromatic heterocycles. The Morgan fingerprint density at radius 3 is 2.52 bits per heavy atom. The van der Waals surface area contributed by atoms with E-state index in [4.69, 9.17) is 11.6 Å². The number of nitro groups is 1. The zero-order valence-corrected chi connectivity index (χ0v) is 12.1. The lowest BCUT2D eigenvalue weighted by Gasteiger charge is -2.18. The number of ketones is 1. The van der Waals surface area contributed by atoms with Crippen molar-refractivity contribution < 1.29 is 9.72 Å². The van der Waals surface area contributed by atoms with Crippen LogP contribution >= 0.6 is 11.6 Å². The second kappa shape index (κ2) is 6.37. The summed E-state index contributed by atoms with van der Waals surface area (Å²) in [6.07, 6.45) is 0. The van der Waals surface area contributed by atoms with E-state index in [-0.39, 0.29) is 28.6 Å². The number of rotatable bonds is 5. The number of likely N-dealkylation sites (N-methyl/N-ethyl adjacent to an activating group) is 1. The van der Waals surface area contributed by atoms with Gasteiger partial charge in [0.25, 0.3) is 5.69 Å². The van der Waals surface area contributed by atoms with Gasteiger partial charge in [-0.05, 0) is 18.2 Å². The van der Waals surface area contributed by atoms with Crippen molar-refractivity contribution in [1.29, 1.82) is 0 Å². The Morgan fingerprint density at radius 1 is 1.24 bits per heavy atom. The fourth-order valence-electron chi connectivity index (χ4n) is 1.91. The summed E-state index contributed by atoms with van der Waals surface area (Å²) in [6, 6.07) is 13.2. The van der Waals surface area contributed by atoms with Crippen molar-refractivity contribution in [2.24, 2.45) is 0 Å². The minimum absolute atomic E-state index is 0.0882. The second-order valence-corrected chi connectivity index (χ2v) is 4.94. The van der Waals surface area contributed by atoms with E-state index in [9.17, 15) is 14.9 Å². The van der Waals surface area contributed by atoms with Crippen molar-refractivity contribution in [3.8, 4) is 0 Å². The molecule has 0 N–H and O–H groups in total. The number of nitro benzene ring substituents is 1. The maximum absolute atomic E-state index is 12.3. The third-order valence-corrected chi connectivity index (χ3v) is 3.37. The van der Waals surface area contributed by atoms with Crippen LogP contribution < -0.4 is 4.90 Å². The Kier molecular flexibility index (Phi) is 4.55. The Labute approximate surface area is 126 Å². The molecule has 6 heteroatoms. The van der Waals surface area contributed by atoms with Crippen LogP contribution in [-0.2, 0) is 0 Å². The van der Waals surface area contributed by atoms with E-state index in [1.54, 1.807) is 11.9 Å². The molecule has 5 nitrogen and oxygen atoms in total. The number of benzene rings is 2. The number of hydrogen-bond acceptors (Lipinski definition) is 4. The third kappa shape index (κ3) is 3.58. The predicted molar refractivity (Wildman–Crippen MR) is 82.1 cm³/mol. The average molecular weight is 305 g/mol. The molecule has 0 fully saturated rings. The lowest BCUT2D eigenvalue weighted by molar-refractivity contribution is -0.384. The van der Waals surface area contributed by atoms with Crippen molar-refractivity contribution in [3.05, 3.63) is 69.2 Å². The molecule has 2 aromatic rings. The molecule has 108 valence electrons. The fourth-order valence-corrected chi connectivity index (χ4v) is 2.14. The molecule has 2 rings (SSSR count). The highest BCUT2D eigenvalue weighted by Gasteiger charge is 2.17. The monoisotopic (exact) mass is 304 g/mol. The Bertz CT molecular complexity index is 674. The molecule has 0 bridgehead atoms. The van der Waals surface area contributed by atoms with Crippen LogP contribution in [0.5, 0.6) is 0 Å². The fraction of sp³-hybridized carbons (Fsp3) is 0.133. The summed E-state index contributed by atoms with van der Waals surface area (Å²) in [4.78, 5) is 24.3. The number of nitrogens with zero attached hydrogens (tertiary/aromatic N) is 2. The number of hydrogen-bond donors (Lipinski definition) is 0. The van der Waals surface area contributed by atoms with Crippen LogP contribution in [0.2, 0.25) is 5.02 Å². The van der Waals surface area contributed by atoms with Crippen LogP contribution in [0.4, 0.5) is 11.4 Å². The highest BCUT2D eigenvalue weighted by molar-refractivity contribution is 6.34. The van der Waals surface area contributed by atoms with Gasteiger partial charge in [-0.2, -0.15) is 0 Å². The van der Waals surface area contributed by atoms with Crippen LogP contribution in [-0.4, -0.2) is 24.3 Å². The van der Waals surface area contributed by atoms with E-state index < -0.39 is 4.92 Å². The third-order valence-electron chi connectivity index (χ3n) is 3.04. The molecule has 0 aliphatic rings. The summed E-state index contributed by atoms with van der Waals surface area (Å²) in [5.74, 6) is -0.268. The molecule has 0 atom stereocenters. The zero-order valence-electron chi connectivity index (χ0n) is 11.3. The zero-order chi connectivity index (χ0) is 15.4. The quantitative estimate of drug-likeness (QED) is 0.481. The van der Waals surface area contributed by atoms with E-state index in [2.05, 4.69) is 0 Å². The van der Waals surface area contributed by atoms with Crippen molar-refractivity contribution in [1.82, 2.24) is 0 Å². The maximum atomic E-state index is 12.3. The van der Waals surface area contributed by atoms with Gasteiger partial charge in [-0.1, -0.05) is 29.8 Å². The van der Waals surface area contributed by atoms with Crippen LogP contribution in [0.15, 0.2) is 48.5 Å². The summed E-state index contributed by atoms with van der Waals surface area (Å²) in [5.41, 5.74) is 0.895. The summed E-state index contributed by atoms with van der Waals surface area (Å²) in [5, 5.41) is 11.0. The normalized spacial score (nSPS) is 10.2. The summed E-state index contributed by atoms with van der Waals surface area (Å²) < 4.78 is 0. The number of carbonyl (C=O) groups excluding carboxylic acids is 1. The van der Waals surface area contributed by atoms with Gasteiger partial charge in [0.2, 0.25) is 0 Å². The van der Waals surface area contributed by atoms with Gasteiger partial charge < -0.3 is 4.90 Å². The summed E-state index contributed by atoms with van der Waals surface area (Å²) in [6.45, 7) is 0.0882. The SMILES string of the molecule is CN(CC(=O)c1cc([N+](=O)[O-])ccc1Cl)c1ccccc1. The van der Waals surface area contributed by atoms with Gasteiger partial charge in [-0.3, -0.25) is 14.9 Å². The van der Waals surface area contributed by atoms with Crippen LogP contribution in [0, 0.1) is 10.1 Å². The van der Waals surface area contributed by atoms with E-state index >= 15 is 0 Å². The van der Waals surface area contributed by atoms with Gasteiger partial charge in [0.1, 0.15) is 0 Å². The molecule has 0 aliphatic carbocycles. The highest BCUT2D eigenvalue weighted by atomic mass is 35.5. The Balaban J connectivity index is 2.21. The first-order valence-corrected chi connectivity index (χ1v) is 6.60. The minimum atomic E-state index is -0.548. The molecular weight excluding hydrogens is 292 g/mol. The molecule has 21 heavy (non-hydrogen) atoms. The second-order valence-electron chi connectivity index (χ2n) is 4.54. The van der Waals surface area contributed by atoms with Gasteiger partial charge in [-0.15, -0.1) is 0 Å². The largest absolute Gasteiger partial charge is 0.367 e. The summed E-state index contributed by atoms with van der Waals surface area (Å²) in [7, 11) is 1.78. The van der Waals surface area contributed by atoms with Gasteiger partial charge in [0.05, 0.1) is 16.5 Å². The van der Waals surface area contributed by atoms with Crippen molar-refractivity contribution in [2.75, 3.05) is 18.5 Å². The number of halogens is 1. The molecule has 0 saturated heterocycles. The number of Topliss-reactive ketones (excluding diaryl/α,β-unsaturated/α-hetero) is 1. The van der Waals surface area contributed by atoms with E-state index in [1.807, 2.05) is 30.3 Å². The van der Waals surface area contributed by atoms with Gasteiger partial charge in [0, 0.05) is 30.4 Å². The molecule has 0 amide bonds. The lowest BCUT2D eigenvalue weighted by atomic mass is 10.1. The number of anilines is 1. The molecular formula is C15H13ClN2O3. The Hall–Kier alpha value is -2.40.